The van der Waals surface area contributed by atoms with Crippen molar-refractivity contribution in [3.05, 3.63) is 57.9 Å². The summed E-state index contributed by atoms with van der Waals surface area (Å²) < 4.78 is 19.5. The summed E-state index contributed by atoms with van der Waals surface area (Å²) in [4.78, 5) is 0. The van der Waals surface area contributed by atoms with Gasteiger partial charge in [-0.15, -0.1) is 0 Å². The van der Waals surface area contributed by atoms with Crippen LogP contribution >= 0.6 is 11.6 Å². The van der Waals surface area contributed by atoms with Crippen LogP contribution < -0.4 is 4.74 Å². The van der Waals surface area contributed by atoms with Gasteiger partial charge in [-0.3, -0.25) is 0 Å². The van der Waals surface area contributed by atoms with Crippen LogP contribution in [0.1, 0.15) is 36.6 Å². The third-order valence-electron chi connectivity index (χ3n) is 3.37. The van der Waals surface area contributed by atoms with Gasteiger partial charge < -0.3 is 9.84 Å². The fourth-order valence-corrected chi connectivity index (χ4v) is 2.35. The quantitative estimate of drug-likeness (QED) is 0.841. The summed E-state index contributed by atoms with van der Waals surface area (Å²) in [6.07, 6.45) is -0.0186. The highest BCUT2D eigenvalue weighted by molar-refractivity contribution is 6.31. The van der Waals surface area contributed by atoms with E-state index in [1.165, 1.54) is 6.07 Å². The largest absolute Gasteiger partial charge is 0.457 e. The van der Waals surface area contributed by atoms with E-state index >= 15 is 0 Å². The Morgan fingerprint density at radius 3 is 2.62 bits per heavy atom. The number of halogens is 2. The molecule has 1 atom stereocenters. The number of hydrogen-bond acceptors (Lipinski definition) is 2. The monoisotopic (exact) mass is 308 g/mol. The molecule has 0 amide bonds. The highest BCUT2D eigenvalue weighted by atomic mass is 35.5. The van der Waals surface area contributed by atoms with Gasteiger partial charge in [-0.25, -0.2) is 4.39 Å². The SMILES string of the molecule is CCc1cc(Oc2cc(C)c(F)cc2[C@H](C)O)ccc1Cl. The molecule has 2 rings (SSSR count). The molecule has 112 valence electrons. The Morgan fingerprint density at radius 2 is 2.00 bits per heavy atom. The third kappa shape index (κ3) is 3.55. The van der Waals surface area contributed by atoms with Crippen molar-refractivity contribution in [2.24, 2.45) is 0 Å². The van der Waals surface area contributed by atoms with Crippen LogP contribution in [0.3, 0.4) is 0 Å². The fraction of sp³-hybridized carbons (Fsp3) is 0.294. The maximum Gasteiger partial charge on any atom is 0.133 e. The summed E-state index contributed by atoms with van der Waals surface area (Å²) in [6.45, 7) is 5.25. The van der Waals surface area contributed by atoms with Gasteiger partial charge in [0.05, 0.1) is 6.10 Å². The van der Waals surface area contributed by atoms with Gasteiger partial charge in [-0.2, -0.15) is 0 Å². The molecule has 0 spiro atoms. The number of ether oxygens (including phenoxy) is 1. The third-order valence-corrected chi connectivity index (χ3v) is 3.74. The van der Waals surface area contributed by atoms with Gasteiger partial charge in [0.25, 0.3) is 0 Å². The van der Waals surface area contributed by atoms with E-state index in [0.717, 1.165) is 12.0 Å². The van der Waals surface area contributed by atoms with Gasteiger partial charge >= 0.3 is 0 Å². The lowest BCUT2D eigenvalue weighted by molar-refractivity contribution is 0.195. The summed E-state index contributed by atoms with van der Waals surface area (Å²) >= 11 is 6.08. The topological polar surface area (TPSA) is 29.5 Å². The molecule has 1 N–H and O–H groups in total. The molecule has 0 heterocycles. The van der Waals surface area contributed by atoms with E-state index in [9.17, 15) is 9.50 Å². The number of rotatable bonds is 4. The zero-order valence-electron chi connectivity index (χ0n) is 12.3. The average molecular weight is 309 g/mol. The van der Waals surface area contributed by atoms with Crippen molar-refractivity contribution in [1.82, 2.24) is 0 Å². The number of aliphatic hydroxyl groups excluding tert-OH is 1. The van der Waals surface area contributed by atoms with Gasteiger partial charge in [0.2, 0.25) is 0 Å². The summed E-state index contributed by atoms with van der Waals surface area (Å²) in [5, 5.41) is 10.5. The van der Waals surface area contributed by atoms with E-state index in [0.29, 0.717) is 27.6 Å². The molecule has 4 heteroatoms. The Bertz CT molecular complexity index is 653. The molecule has 0 aliphatic heterocycles. The van der Waals surface area contributed by atoms with Gasteiger partial charge in [0, 0.05) is 10.6 Å². The fourth-order valence-electron chi connectivity index (χ4n) is 2.10. The minimum Gasteiger partial charge on any atom is -0.457 e. The highest BCUT2D eigenvalue weighted by Crippen LogP contribution is 2.33. The maximum atomic E-state index is 13.6. The minimum atomic E-state index is -0.812. The number of benzene rings is 2. The molecule has 0 saturated carbocycles. The summed E-state index contributed by atoms with van der Waals surface area (Å²) in [7, 11) is 0. The molecule has 0 saturated heterocycles. The second-order valence-electron chi connectivity index (χ2n) is 5.02. The van der Waals surface area contributed by atoms with Crippen LogP contribution in [0.4, 0.5) is 4.39 Å². The molecule has 21 heavy (non-hydrogen) atoms. The molecule has 0 unspecified atom stereocenters. The van der Waals surface area contributed by atoms with E-state index in [2.05, 4.69) is 0 Å². The second kappa shape index (κ2) is 6.46. The first-order valence-electron chi connectivity index (χ1n) is 6.86. The lowest BCUT2D eigenvalue weighted by atomic mass is 10.1. The zero-order valence-corrected chi connectivity index (χ0v) is 13.0. The van der Waals surface area contributed by atoms with E-state index in [1.54, 1.807) is 32.0 Å². The summed E-state index contributed by atoms with van der Waals surface area (Å²) in [5.74, 6) is 0.709. The highest BCUT2D eigenvalue weighted by Gasteiger charge is 2.14. The van der Waals surface area contributed by atoms with Crippen LogP contribution in [0.5, 0.6) is 11.5 Å². The minimum absolute atomic E-state index is 0.358. The molecule has 0 aromatic heterocycles. The van der Waals surface area contributed by atoms with Gasteiger partial charge in [0.15, 0.2) is 0 Å². The van der Waals surface area contributed by atoms with E-state index in [4.69, 9.17) is 16.3 Å². The molecule has 0 fully saturated rings. The molecule has 0 bridgehead atoms. The van der Waals surface area contributed by atoms with Crippen LogP contribution in [0.25, 0.3) is 0 Å². The maximum absolute atomic E-state index is 13.6. The van der Waals surface area contributed by atoms with Crippen molar-refractivity contribution in [2.45, 2.75) is 33.3 Å². The second-order valence-corrected chi connectivity index (χ2v) is 5.43. The van der Waals surface area contributed by atoms with Crippen LogP contribution in [0.2, 0.25) is 5.02 Å². The van der Waals surface area contributed by atoms with Crippen molar-refractivity contribution in [1.29, 1.82) is 0 Å². The first-order valence-corrected chi connectivity index (χ1v) is 7.24. The van der Waals surface area contributed by atoms with Crippen molar-refractivity contribution in [2.75, 3.05) is 0 Å². The first-order chi connectivity index (χ1) is 9.92. The Hall–Kier alpha value is -1.58. The number of hydrogen-bond donors (Lipinski definition) is 1. The molecule has 2 aromatic carbocycles. The predicted octanol–water partition coefficient (Wildman–Crippen LogP) is 5.20. The Balaban J connectivity index is 2.41. The lowest BCUT2D eigenvalue weighted by Gasteiger charge is -2.15. The van der Waals surface area contributed by atoms with Crippen LogP contribution in [-0.2, 0) is 6.42 Å². The Morgan fingerprint density at radius 1 is 1.29 bits per heavy atom. The first kappa shape index (κ1) is 15.8. The molecule has 0 aliphatic carbocycles. The van der Waals surface area contributed by atoms with Gasteiger partial charge in [-0.1, -0.05) is 18.5 Å². The van der Waals surface area contributed by atoms with Crippen LogP contribution in [0, 0.1) is 12.7 Å². The van der Waals surface area contributed by atoms with E-state index in [-0.39, 0.29) is 5.82 Å². The summed E-state index contributed by atoms with van der Waals surface area (Å²) in [6, 6.07) is 8.29. The molecule has 2 aromatic rings. The molecular formula is C17H18ClFO2. The van der Waals surface area contributed by atoms with Gasteiger partial charge in [0.1, 0.15) is 17.3 Å². The molecule has 0 aliphatic rings. The number of aryl methyl sites for hydroxylation is 2. The van der Waals surface area contributed by atoms with Crippen LogP contribution in [0.15, 0.2) is 30.3 Å². The summed E-state index contributed by atoms with van der Waals surface area (Å²) in [5.41, 5.74) is 1.87. The number of aliphatic hydroxyl groups is 1. The van der Waals surface area contributed by atoms with E-state index < -0.39 is 6.10 Å². The normalized spacial score (nSPS) is 12.3. The zero-order chi connectivity index (χ0) is 15.6. The smallest absolute Gasteiger partial charge is 0.133 e. The van der Waals surface area contributed by atoms with Crippen molar-refractivity contribution >= 4 is 11.6 Å². The average Bonchev–Trinajstić information content (AvgIpc) is 2.44. The van der Waals surface area contributed by atoms with Crippen LogP contribution in [-0.4, -0.2) is 5.11 Å². The lowest BCUT2D eigenvalue weighted by Crippen LogP contribution is -1.99. The van der Waals surface area contributed by atoms with Crippen molar-refractivity contribution < 1.29 is 14.2 Å². The van der Waals surface area contributed by atoms with E-state index in [1.807, 2.05) is 13.0 Å². The standard InChI is InChI=1S/C17H18ClFO2/c1-4-12-8-13(5-6-15(12)18)21-17-7-10(2)16(19)9-14(17)11(3)20/h5-9,11,20H,4H2,1-3H3/t11-/m0/s1. The Kier molecular flexibility index (Phi) is 4.86. The van der Waals surface area contributed by atoms with Crippen molar-refractivity contribution in [3.63, 3.8) is 0 Å². The molecule has 0 radical (unpaired) electrons. The predicted molar refractivity (Wildman–Crippen MR) is 82.7 cm³/mol. The van der Waals surface area contributed by atoms with Crippen molar-refractivity contribution in [3.8, 4) is 11.5 Å². The molecule has 2 nitrogen and oxygen atoms in total. The Labute approximate surface area is 129 Å². The molecular weight excluding hydrogens is 291 g/mol. The van der Waals surface area contributed by atoms with Gasteiger partial charge in [-0.05, 0) is 61.7 Å².